The molecule has 1 atom stereocenters. The fourth-order valence-electron chi connectivity index (χ4n) is 1.85. The van der Waals surface area contributed by atoms with Gasteiger partial charge in [-0.25, -0.2) is 0 Å². The van der Waals surface area contributed by atoms with Crippen molar-refractivity contribution in [1.29, 1.82) is 0 Å². The van der Waals surface area contributed by atoms with Gasteiger partial charge >= 0.3 is 7.60 Å². The number of hydrogen-bond acceptors (Lipinski definition) is 5. The van der Waals surface area contributed by atoms with Crippen molar-refractivity contribution in [3.63, 3.8) is 0 Å². The molecule has 0 aromatic heterocycles. The fraction of sp³-hybridized carbons (Fsp3) is 1.00. The molecule has 15 heavy (non-hydrogen) atoms. The van der Waals surface area contributed by atoms with E-state index in [-0.39, 0.29) is 0 Å². The molecule has 1 unspecified atom stereocenters. The first kappa shape index (κ1) is 13.1. The van der Waals surface area contributed by atoms with E-state index in [1.807, 2.05) is 0 Å². The van der Waals surface area contributed by atoms with Gasteiger partial charge in [-0.2, -0.15) is 0 Å². The summed E-state index contributed by atoms with van der Waals surface area (Å²) in [4.78, 5) is 0. The minimum absolute atomic E-state index is 0.292. The molecule has 1 rings (SSSR count). The number of hydrogen-bond donors (Lipinski definition) is 0. The van der Waals surface area contributed by atoms with Crippen LogP contribution in [-0.4, -0.2) is 30.1 Å². The zero-order chi connectivity index (χ0) is 11.5. The molecule has 0 aromatic carbocycles. The third-order valence-electron chi connectivity index (χ3n) is 2.74. The van der Waals surface area contributed by atoms with E-state index in [9.17, 15) is 9.77 Å². The maximum absolute atomic E-state index is 12.5. The highest BCUT2D eigenvalue weighted by molar-refractivity contribution is 7.55. The molecule has 0 aromatic rings. The predicted octanol–water partition coefficient (Wildman–Crippen LogP) is 2.56. The zero-order valence-corrected chi connectivity index (χ0v) is 10.5. The Morgan fingerprint density at radius 2 is 1.93 bits per heavy atom. The monoisotopic (exact) mass is 236 g/mol. The summed E-state index contributed by atoms with van der Waals surface area (Å²) in [6.45, 7) is 6.15. The highest BCUT2D eigenvalue weighted by Crippen LogP contribution is 2.64. The van der Waals surface area contributed by atoms with E-state index in [2.05, 4.69) is 0 Å². The second kappa shape index (κ2) is 4.93. The van der Waals surface area contributed by atoms with Gasteiger partial charge in [-0.05, 0) is 40.2 Å². The molecule has 0 bridgehead atoms. The highest BCUT2D eigenvalue weighted by Gasteiger charge is 2.50. The first-order valence-corrected chi connectivity index (χ1v) is 6.88. The lowest BCUT2D eigenvalue weighted by Crippen LogP contribution is -2.38. The Morgan fingerprint density at radius 1 is 1.40 bits per heavy atom. The largest absolute Gasteiger partial charge is 0.784 e. The van der Waals surface area contributed by atoms with Gasteiger partial charge in [0.2, 0.25) is 0 Å². The summed E-state index contributed by atoms with van der Waals surface area (Å²) >= 11 is 0. The lowest BCUT2D eigenvalue weighted by molar-refractivity contribution is 0.164. The minimum atomic E-state index is -3.32. The molecule has 1 aliphatic heterocycles. The topological polar surface area (TPSA) is 61.8 Å². The van der Waals surface area contributed by atoms with Crippen LogP contribution in [0.5, 0.6) is 0 Å². The molecular formula is C9H19NO4P-. The van der Waals surface area contributed by atoms with Crippen LogP contribution in [0, 0.1) is 5.21 Å². The van der Waals surface area contributed by atoms with Crippen LogP contribution in [0.4, 0.5) is 0 Å². The highest BCUT2D eigenvalue weighted by atomic mass is 31.2. The molecule has 0 radical (unpaired) electrons. The van der Waals surface area contributed by atoms with Crippen LogP contribution in [0.15, 0.2) is 0 Å². The smallest absolute Gasteiger partial charge is 0.349 e. The predicted molar refractivity (Wildman–Crippen MR) is 58.6 cm³/mol. The van der Waals surface area contributed by atoms with Gasteiger partial charge < -0.3 is 19.3 Å². The third kappa shape index (κ3) is 2.27. The van der Waals surface area contributed by atoms with Crippen LogP contribution in [0.1, 0.15) is 33.6 Å². The van der Waals surface area contributed by atoms with Crippen LogP contribution in [-0.2, 0) is 13.6 Å². The lowest BCUT2D eigenvalue weighted by Gasteiger charge is -2.43. The molecular weight excluding hydrogens is 217 g/mol. The number of hydroxylamine groups is 2. The molecule has 1 fully saturated rings. The Labute approximate surface area is 90.9 Å². The van der Waals surface area contributed by atoms with Crippen molar-refractivity contribution in [2.24, 2.45) is 0 Å². The summed E-state index contributed by atoms with van der Waals surface area (Å²) in [7, 11) is -3.32. The second-order valence-electron chi connectivity index (χ2n) is 3.76. The standard InChI is InChI=1S/C9H19NO4P/c1-4-13-15(12,14-5-2)9(3)7-6-8-10(9)11/h4-8H2,1-3H3/q-1. The molecule has 1 aliphatic rings. The molecule has 0 amide bonds. The van der Waals surface area contributed by atoms with E-state index in [1.54, 1.807) is 20.8 Å². The molecule has 0 N–H and O–H groups in total. The average Bonchev–Trinajstić information content (AvgIpc) is 2.49. The molecule has 6 heteroatoms. The van der Waals surface area contributed by atoms with Gasteiger partial charge in [-0.15, -0.1) is 0 Å². The quantitative estimate of drug-likeness (QED) is 0.686. The summed E-state index contributed by atoms with van der Waals surface area (Å²) in [6.07, 6.45) is 1.30. The van der Waals surface area contributed by atoms with Crippen LogP contribution in [0.3, 0.4) is 0 Å². The Hall–Kier alpha value is 0.0700. The third-order valence-corrected chi connectivity index (χ3v) is 5.56. The van der Waals surface area contributed by atoms with Crippen LogP contribution < -0.4 is 0 Å². The zero-order valence-electron chi connectivity index (χ0n) is 9.56. The molecule has 0 aliphatic carbocycles. The maximum atomic E-state index is 12.5. The van der Waals surface area contributed by atoms with Crippen molar-refractivity contribution in [2.75, 3.05) is 19.8 Å². The van der Waals surface area contributed by atoms with E-state index >= 15 is 0 Å². The van der Waals surface area contributed by atoms with Gasteiger partial charge in [0.1, 0.15) is 5.28 Å². The van der Waals surface area contributed by atoms with Gasteiger partial charge in [0.15, 0.2) is 0 Å². The molecule has 90 valence electrons. The van der Waals surface area contributed by atoms with Gasteiger partial charge in [0, 0.05) is 0 Å². The van der Waals surface area contributed by atoms with E-state index in [0.29, 0.717) is 26.2 Å². The molecule has 1 heterocycles. The normalized spacial score (nSPS) is 28.5. The van der Waals surface area contributed by atoms with Gasteiger partial charge in [0.25, 0.3) is 0 Å². The summed E-state index contributed by atoms with van der Waals surface area (Å²) < 4.78 is 22.9. The van der Waals surface area contributed by atoms with Crippen molar-refractivity contribution >= 4 is 7.60 Å². The van der Waals surface area contributed by atoms with Gasteiger partial charge in [-0.1, -0.05) is 0 Å². The van der Waals surface area contributed by atoms with E-state index in [1.165, 1.54) is 0 Å². The van der Waals surface area contributed by atoms with E-state index < -0.39 is 12.9 Å². The van der Waals surface area contributed by atoms with Crippen LogP contribution >= 0.6 is 7.60 Å². The Bertz CT molecular complexity index is 250. The molecule has 1 saturated heterocycles. The number of nitrogens with zero attached hydrogens (tertiary/aromatic N) is 1. The van der Waals surface area contributed by atoms with Crippen molar-refractivity contribution in [2.45, 2.75) is 38.9 Å². The Kier molecular flexibility index (Phi) is 4.32. The summed E-state index contributed by atoms with van der Waals surface area (Å²) in [5, 5.41) is 11.5. The molecule has 0 saturated carbocycles. The van der Waals surface area contributed by atoms with Crippen molar-refractivity contribution in [3.8, 4) is 0 Å². The SMILES string of the molecule is CCOP(=O)(OCC)C1(C)CCCN1[O-]. The fourth-order valence-corrected chi connectivity index (χ4v) is 3.97. The Morgan fingerprint density at radius 3 is 2.27 bits per heavy atom. The van der Waals surface area contributed by atoms with Gasteiger partial charge in [-0.3, -0.25) is 4.57 Å². The first-order valence-electron chi connectivity index (χ1n) is 5.34. The lowest BCUT2D eigenvalue weighted by atomic mass is 10.2. The Balaban J connectivity index is 2.92. The van der Waals surface area contributed by atoms with Crippen LogP contribution in [0.25, 0.3) is 0 Å². The first-order chi connectivity index (χ1) is 7.00. The molecule has 0 spiro atoms. The van der Waals surface area contributed by atoms with Crippen molar-refractivity contribution in [1.82, 2.24) is 5.06 Å². The summed E-state index contributed by atoms with van der Waals surface area (Å²) in [6, 6.07) is 0. The van der Waals surface area contributed by atoms with E-state index in [0.717, 1.165) is 11.5 Å². The summed E-state index contributed by atoms with van der Waals surface area (Å²) in [5.74, 6) is 0. The minimum Gasteiger partial charge on any atom is -0.784 e. The van der Waals surface area contributed by atoms with Crippen molar-refractivity contribution < 1.29 is 13.6 Å². The second-order valence-corrected chi connectivity index (χ2v) is 6.23. The van der Waals surface area contributed by atoms with Crippen molar-refractivity contribution in [3.05, 3.63) is 5.21 Å². The maximum Gasteiger partial charge on any atom is 0.349 e. The number of rotatable bonds is 5. The van der Waals surface area contributed by atoms with Gasteiger partial charge in [0.05, 0.1) is 13.2 Å². The average molecular weight is 236 g/mol. The van der Waals surface area contributed by atoms with Crippen LogP contribution in [0.2, 0.25) is 0 Å². The molecule has 5 nitrogen and oxygen atoms in total. The van der Waals surface area contributed by atoms with E-state index in [4.69, 9.17) is 9.05 Å². The summed E-state index contributed by atoms with van der Waals surface area (Å²) in [5.41, 5.74) is 0.